The number of rotatable bonds is 4. The Labute approximate surface area is 103 Å². The smallest absolute Gasteiger partial charge is 0.120 e. The molecule has 2 rings (SSSR count). The van der Waals surface area contributed by atoms with Crippen LogP contribution in [-0.4, -0.2) is 31.1 Å². The molecular weight excluding hydrogens is 218 g/mol. The van der Waals surface area contributed by atoms with E-state index < -0.39 is 0 Å². The molecular formula is C13H19NOS. The second-order valence-electron chi connectivity index (χ2n) is 4.41. The number of benzene rings is 1. The van der Waals surface area contributed by atoms with Gasteiger partial charge in [-0.05, 0) is 51.1 Å². The van der Waals surface area contributed by atoms with Crippen molar-refractivity contribution in [2.45, 2.75) is 30.2 Å². The van der Waals surface area contributed by atoms with E-state index in [9.17, 15) is 0 Å². The molecule has 1 saturated heterocycles. The highest BCUT2D eigenvalue weighted by molar-refractivity contribution is 7.80. The molecule has 1 aliphatic rings. The molecule has 1 aliphatic heterocycles. The molecule has 0 radical (unpaired) electrons. The maximum Gasteiger partial charge on any atom is 0.120 e. The van der Waals surface area contributed by atoms with Crippen molar-refractivity contribution >= 4 is 12.6 Å². The Morgan fingerprint density at radius 2 is 2.38 bits per heavy atom. The zero-order valence-corrected chi connectivity index (χ0v) is 10.6. The maximum atomic E-state index is 5.72. The van der Waals surface area contributed by atoms with Gasteiger partial charge in [-0.25, -0.2) is 0 Å². The van der Waals surface area contributed by atoms with Gasteiger partial charge in [-0.2, -0.15) is 0 Å². The zero-order chi connectivity index (χ0) is 11.4. The number of hydrogen-bond acceptors (Lipinski definition) is 3. The highest BCUT2D eigenvalue weighted by Crippen LogP contribution is 2.19. The highest BCUT2D eigenvalue weighted by atomic mass is 32.1. The predicted octanol–water partition coefficient (Wildman–Crippen LogP) is 2.84. The first-order valence-electron chi connectivity index (χ1n) is 5.88. The van der Waals surface area contributed by atoms with Gasteiger partial charge in [-0.15, -0.1) is 12.6 Å². The summed E-state index contributed by atoms with van der Waals surface area (Å²) in [5.41, 5.74) is 0. The molecule has 16 heavy (non-hydrogen) atoms. The molecule has 0 bridgehead atoms. The molecule has 0 spiro atoms. The van der Waals surface area contributed by atoms with Crippen LogP contribution >= 0.6 is 12.6 Å². The van der Waals surface area contributed by atoms with Crippen LogP contribution in [0.1, 0.15) is 19.3 Å². The van der Waals surface area contributed by atoms with E-state index in [1.807, 2.05) is 24.3 Å². The SMILES string of the molecule is CN1CCCC1CCOc1cccc(S)c1. The Kier molecular flexibility index (Phi) is 4.13. The minimum atomic E-state index is 0.708. The quantitative estimate of drug-likeness (QED) is 0.808. The van der Waals surface area contributed by atoms with Crippen LogP contribution in [0.25, 0.3) is 0 Å². The van der Waals surface area contributed by atoms with Gasteiger partial charge in [0.15, 0.2) is 0 Å². The average molecular weight is 237 g/mol. The Morgan fingerprint density at radius 3 is 3.06 bits per heavy atom. The summed E-state index contributed by atoms with van der Waals surface area (Å²) in [6, 6.07) is 8.58. The summed E-state index contributed by atoms with van der Waals surface area (Å²) in [5.74, 6) is 0.924. The molecule has 0 aliphatic carbocycles. The van der Waals surface area contributed by atoms with E-state index in [2.05, 4.69) is 24.6 Å². The number of hydrogen-bond donors (Lipinski definition) is 1. The van der Waals surface area contributed by atoms with Crippen LogP contribution in [-0.2, 0) is 0 Å². The van der Waals surface area contributed by atoms with E-state index in [1.54, 1.807) is 0 Å². The lowest BCUT2D eigenvalue weighted by atomic mass is 10.1. The van der Waals surface area contributed by atoms with Gasteiger partial charge in [-0.3, -0.25) is 0 Å². The van der Waals surface area contributed by atoms with Gasteiger partial charge in [0, 0.05) is 10.9 Å². The lowest BCUT2D eigenvalue weighted by Crippen LogP contribution is -2.26. The predicted molar refractivity (Wildman–Crippen MR) is 69.5 cm³/mol. The van der Waals surface area contributed by atoms with Gasteiger partial charge < -0.3 is 9.64 Å². The molecule has 1 unspecified atom stereocenters. The molecule has 2 nitrogen and oxygen atoms in total. The first kappa shape index (κ1) is 11.8. The molecule has 1 heterocycles. The number of ether oxygens (including phenoxy) is 1. The van der Waals surface area contributed by atoms with Crippen molar-refractivity contribution in [1.82, 2.24) is 4.90 Å². The van der Waals surface area contributed by atoms with Crippen molar-refractivity contribution in [3.05, 3.63) is 24.3 Å². The summed E-state index contributed by atoms with van der Waals surface area (Å²) in [6.07, 6.45) is 3.76. The molecule has 3 heteroatoms. The largest absolute Gasteiger partial charge is 0.493 e. The van der Waals surface area contributed by atoms with Crippen LogP contribution < -0.4 is 4.74 Å². The average Bonchev–Trinajstić information content (AvgIpc) is 2.65. The van der Waals surface area contributed by atoms with Crippen LogP contribution in [0.3, 0.4) is 0 Å². The third-order valence-electron chi connectivity index (χ3n) is 3.21. The lowest BCUT2D eigenvalue weighted by Gasteiger charge is -2.19. The summed E-state index contributed by atoms with van der Waals surface area (Å²) in [7, 11) is 2.20. The van der Waals surface area contributed by atoms with E-state index in [0.717, 1.165) is 23.7 Å². The van der Waals surface area contributed by atoms with Crippen molar-refractivity contribution in [2.24, 2.45) is 0 Å². The summed E-state index contributed by atoms with van der Waals surface area (Å²) in [5, 5.41) is 0. The number of nitrogens with zero attached hydrogens (tertiary/aromatic N) is 1. The maximum absolute atomic E-state index is 5.72. The van der Waals surface area contributed by atoms with E-state index in [1.165, 1.54) is 19.4 Å². The Hall–Kier alpha value is -0.670. The monoisotopic (exact) mass is 237 g/mol. The van der Waals surface area contributed by atoms with Crippen LogP contribution in [0.5, 0.6) is 5.75 Å². The van der Waals surface area contributed by atoms with E-state index in [-0.39, 0.29) is 0 Å². The molecule has 1 aromatic rings. The Morgan fingerprint density at radius 1 is 1.50 bits per heavy atom. The molecule has 1 atom stereocenters. The summed E-state index contributed by atoms with van der Waals surface area (Å²) >= 11 is 4.29. The van der Waals surface area contributed by atoms with Crippen molar-refractivity contribution in [3.63, 3.8) is 0 Å². The molecule has 0 saturated carbocycles. The minimum absolute atomic E-state index is 0.708. The van der Waals surface area contributed by atoms with Crippen LogP contribution in [0.15, 0.2) is 29.2 Å². The molecule has 88 valence electrons. The third-order valence-corrected chi connectivity index (χ3v) is 3.49. The molecule has 0 aromatic heterocycles. The van der Waals surface area contributed by atoms with Crippen molar-refractivity contribution in [1.29, 1.82) is 0 Å². The van der Waals surface area contributed by atoms with Gasteiger partial charge in [0.05, 0.1) is 6.61 Å². The highest BCUT2D eigenvalue weighted by Gasteiger charge is 2.20. The molecule has 0 N–H and O–H groups in total. The van der Waals surface area contributed by atoms with Gasteiger partial charge in [-0.1, -0.05) is 6.07 Å². The van der Waals surface area contributed by atoms with Crippen molar-refractivity contribution in [3.8, 4) is 5.75 Å². The van der Waals surface area contributed by atoms with Gasteiger partial charge in [0.1, 0.15) is 5.75 Å². The fourth-order valence-corrected chi connectivity index (χ4v) is 2.44. The number of likely N-dealkylation sites (tertiary alicyclic amines) is 1. The molecule has 0 amide bonds. The molecule has 1 fully saturated rings. The van der Waals surface area contributed by atoms with Crippen LogP contribution in [0.2, 0.25) is 0 Å². The van der Waals surface area contributed by atoms with E-state index in [0.29, 0.717) is 6.04 Å². The topological polar surface area (TPSA) is 12.5 Å². The van der Waals surface area contributed by atoms with Gasteiger partial charge in [0.2, 0.25) is 0 Å². The van der Waals surface area contributed by atoms with Gasteiger partial charge in [0.25, 0.3) is 0 Å². The Balaban J connectivity index is 1.75. The van der Waals surface area contributed by atoms with Gasteiger partial charge >= 0.3 is 0 Å². The van der Waals surface area contributed by atoms with E-state index in [4.69, 9.17) is 4.74 Å². The second-order valence-corrected chi connectivity index (χ2v) is 4.93. The molecule has 1 aromatic carbocycles. The Bertz CT molecular complexity index is 342. The minimum Gasteiger partial charge on any atom is -0.493 e. The number of thiol groups is 1. The van der Waals surface area contributed by atoms with E-state index >= 15 is 0 Å². The van der Waals surface area contributed by atoms with Crippen LogP contribution in [0.4, 0.5) is 0 Å². The first-order valence-corrected chi connectivity index (χ1v) is 6.32. The fraction of sp³-hybridized carbons (Fsp3) is 0.538. The summed E-state index contributed by atoms with van der Waals surface area (Å²) in [4.78, 5) is 3.38. The fourth-order valence-electron chi connectivity index (χ4n) is 2.23. The first-order chi connectivity index (χ1) is 7.75. The zero-order valence-electron chi connectivity index (χ0n) is 9.72. The van der Waals surface area contributed by atoms with Crippen LogP contribution in [0, 0.1) is 0 Å². The van der Waals surface area contributed by atoms with Crippen molar-refractivity contribution in [2.75, 3.05) is 20.2 Å². The lowest BCUT2D eigenvalue weighted by molar-refractivity contribution is 0.233. The summed E-state index contributed by atoms with van der Waals surface area (Å²) < 4.78 is 5.72. The summed E-state index contributed by atoms with van der Waals surface area (Å²) in [6.45, 7) is 2.03. The second kappa shape index (κ2) is 5.60. The van der Waals surface area contributed by atoms with Crippen molar-refractivity contribution < 1.29 is 4.74 Å². The standard InChI is InChI=1S/C13H19NOS/c1-14-8-3-4-11(14)7-9-15-12-5-2-6-13(16)10-12/h2,5-6,10-11,16H,3-4,7-9H2,1H3. The third kappa shape index (κ3) is 3.16. The normalized spacial score (nSPS) is 21.2.